The zero-order chi connectivity index (χ0) is 18.8. The van der Waals surface area contributed by atoms with Crippen LogP contribution in [-0.4, -0.2) is 49.7 Å². The summed E-state index contributed by atoms with van der Waals surface area (Å²) in [6, 6.07) is 7.60. The van der Waals surface area contributed by atoms with Crippen LogP contribution in [0.15, 0.2) is 35.5 Å². The van der Waals surface area contributed by atoms with E-state index >= 15 is 0 Å². The summed E-state index contributed by atoms with van der Waals surface area (Å²) in [4.78, 5) is 12.5. The number of benzene rings is 1. The Morgan fingerprint density at radius 3 is 2.58 bits per heavy atom. The van der Waals surface area contributed by atoms with Gasteiger partial charge in [-0.25, -0.2) is 9.98 Å². The van der Waals surface area contributed by atoms with E-state index in [0.717, 1.165) is 42.0 Å². The van der Waals surface area contributed by atoms with E-state index in [9.17, 15) is 0 Å². The van der Waals surface area contributed by atoms with Gasteiger partial charge in [0, 0.05) is 24.7 Å². The third-order valence-corrected chi connectivity index (χ3v) is 4.89. The van der Waals surface area contributed by atoms with Gasteiger partial charge >= 0.3 is 0 Å². The monoisotopic (exact) mass is 376 g/mol. The van der Waals surface area contributed by atoms with Crippen LogP contribution in [-0.2, 0) is 13.0 Å². The number of nitrogens with zero attached hydrogens (tertiary/aromatic N) is 3. The van der Waals surface area contributed by atoms with E-state index in [0.29, 0.717) is 13.2 Å². The first-order chi connectivity index (χ1) is 12.7. The summed E-state index contributed by atoms with van der Waals surface area (Å²) in [7, 11) is 3.67. The van der Waals surface area contributed by atoms with Gasteiger partial charge in [0.2, 0.25) is 0 Å². The van der Waals surface area contributed by atoms with E-state index in [2.05, 4.69) is 34.0 Å². The third kappa shape index (κ3) is 6.22. The summed E-state index contributed by atoms with van der Waals surface area (Å²) < 4.78 is 10.9. The van der Waals surface area contributed by atoms with Crippen molar-refractivity contribution in [2.24, 2.45) is 4.99 Å². The van der Waals surface area contributed by atoms with Crippen LogP contribution < -0.4 is 14.8 Å². The molecule has 0 saturated carbocycles. The number of aryl methyl sites for hydroxylation is 1. The van der Waals surface area contributed by atoms with Gasteiger partial charge in [0.05, 0.1) is 20.2 Å². The first-order valence-corrected chi connectivity index (χ1v) is 9.67. The highest BCUT2D eigenvalue weighted by Crippen LogP contribution is 2.17. The molecule has 0 bridgehead atoms. The second-order valence-corrected chi connectivity index (χ2v) is 6.89. The molecular weight excluding hydrogens is 348 g/mol. The summed E-state index contributed by atoms with van der Waals surface area (Å²) in [5, 5.41) is 4.36. The minimum atomic E-state index is 0.574. The fourth-order valence-electron chi connectivity index (χ4n) is 2.28. The molecule has 6 nitrogen and oxygen atoms in total. The van der Waals surface area contributed by atoms with Crippen molar-refractivity contribution in [2.75, 3.05) is 33.9 Å². The van der Waals surface area contributed by atoms with Gasteiger partial charge in [-0.2, -0.15) is 0 Å². The molecule has 1 heterocycles. The molecule has 1 aromatic heterocycles. The van der Waals surface area contributed by atoms with E-state index in [1.165, 1.54) is 4.88 Å². The molecule has 26 heavy (non-hydrogen) atoms. The predicted molar refractivity (Wildman–Crippen MR) is 107 cm³/mol. The van der Waals surface area contributed by atoms with Crippen molar-refractivity contribution >= 4 is 17.3 Å². The molecule has 142 valence electrons. The Morgan fingerprint density at radius 2 is 1.96 bits per heavy atom. The average Bonchev–Trinajstić information content (AvgIpc) is 3.13. The Bertz CT molecular complexity index is 685. The highest BCUT2D eigenvalue weighted by molar-refractivity contribution is 7.11. The first kappa shape index (κ1) is 20.0. The molecule has 0 aliphatic heterocycles. The normalized spacial score (nSPS) is 11.3. The molecule has 0 atom stereocenters. The number of rotatable bonds is 9. The maximum Gasteiger partial charge on any atom is 0.194 e. The Labute approximate surface area is 159 Å². The molecule has 0 amide bonds. The largest absolute Gasteiger partial charge is 0.497 e. The Morgan fingerprint density at radius 1 is 1.23 bits per heavy atom. The quantitative estimate of drug-likeness (QED) is 0.538. The van der Waals surface area contributed by atoms with Crippen LogP contribution in [0.1, 0.15) is 23.7 Å². The SMILES string of the molecule is CCNC(=NCc1ncc(CC)s1)N(C)CCOc1ccc(OC)cc1. The zero-order valence-corrected chi connectivity index (χ0v) is 16.8. The lowest BCUT2D eigenvalue weighted by Gasteiger charge is -2.22. The first-order valence-electron chi connectivity index (χ1n) is 8.86. The van der Waals surface area contributed by atoms with Crippen LogP contribution >= 0.6 is 11.3 Å². The molecule has 1 aromatic carbocycles. The summed E-state index contributed by atoms with van der Waals surface area (Å²) >= 11 is 1.72. The maximum atomic E-state index is 5.79. The molecule has 0 aliphatic carbocycles. The summed E-state index contributed by atoms with van der Waals surface area (Å²) in [5.41, 5.74) is 0. The van der Waals surface area contributed by atoms with Crippen molar-refractivity contribution in [3.05, 3.63) is 40.3 Å². The summed E-state index contributed by atoms with van der Waals surface area (Å²) in [5.74, 6) is 2.51. The number of methoxy groups -OCH3 is 1. The minimum Gasteiger partial charge on any atom is -0.497 e. The van der Waals surface area contributed by atoms with Gasteiger partial charge in [0.15, 0.2) is 5.96 Å². The van der Waals surface area contributed by atoms with Crippen molar-refractivity contribution < 1.29 is 9.47 Å². The lowest BCUT2D eigenvalue weighted by molar-refractivity contribution is 0.281. The van der Waals surface area contributed by atoms with E-state index in [-0.39, 0.29) is 0 Å². The number of hydrogen-bond donors (Lipinski definition) is 1. The second kappa shape index (κ2) is 10.7. The van der Waals surface area contributed by atoms with E-state index in [1.807, 2.05) is 37.5 Å². The van der Waals surface area contributed by atoms with Crippen LogP contribution in [0.25, 0.3) is 0 Å². The van der Waals surface area contributed by atoms with Gasteiger partial charge in [-0.1, -0.05) is 6.92 Å². The van der Waals surface area contributed by atoms with Crippen LogP contribution in [0.2, 0.25) is 0 Å². The lowest BCUT2D eigenvalue weighted by Crippen LogP contribution is -2.40. The van der Waals surface area contributed by atoms with Crippen molar-refractivity contribution in [2.45, 2.75) is 26.8 Å². The third-order valence-electron chi connectivity index (χ3n) is 3.77. The van der Waals surface area contributed by atoms with Gasteiger partial charge in [-0.05, 0) is 37.6 Å². The predicted octanol–water partition coefficient (Wildman–Crippen LogP) is 3.19. The number of aliphatic imine (C=N–C) groups is 1. The number of nitrogens with one attached hydrogen (secondary N) is 1. The Kier molecular flexibility index (Phi) is 8.21. The molecule has 0 fully saturated rings. The van der Waals surface area contributed by atoms with Crippen molar-refractivity contribution in [3.63, 3.8) is 0 Å². The molecule has 0 aliphatic rings. The fourth-order valence-corrected chi connectivity index (χ4v) is 3.06. The molecule has 1 N–H and O–H groups in total. The van der Waals surface area contributed by atoms with Gasteiger partial charge in [-0.3, -0.25) is 0 Å². The number of thiazole rings is 1. The smallest absolute Gasteiger partial charge is 0.194 e. The standard InChI is InChI=1S/C19H28N4O2S/c1-5-17-13-21-18(26-17)14-22-19(20-6-2)23(3)11-12-25-16-9-7-15(24-4)8-10-16/h7-10,13H,5-6,11-12,14H2,1-4H3,(H,20,22). The number of ether oxygens (including phenoxy) is 2. The van der Waals surface area contributed by atoms with Gasteiger partial charge in [-0.15, -0.1) is 11.3 Å². The summed E-state index contributed by atoms with van der Waals surface area (Å²) in [6.45, 7) is 6.93. The highest BCUT2D eigenvalue weighted by Gasteiger charge is 2.07. The van der Waals surface area contributed by atoms with E-state index in [4.69, 9.17) is 9.47 Å². The molecule has 0 unspecified atom stereocenters. The maximum absolute atomic E-state index is 5.79. The minimum absolute atomic E-state index is 0.574. The summed E-state index contributed by atoms with van der Waals surface area (Å²) in [6.07, 6.45) is 2.96. The van der Waals surface area contributed by atoms with Crippen LogP contribution in [0, 0.1) is 0 Å². The number of aromatic nitrogens is 1. The zero-order valence-electron chi connectivity index (χ0n) is 16.0. The number of hydrogen-bond acceptors (Lipinski definition) is 5. The highest BCUT2D eigenvalue weighted by atomic mass is 32.1. The molecule has 2 rings (SSSR count). The topological polar surface area (TPSA) is 59.0 Å². The Balaban J connectivity index is 1.85. The fraction of sp³-hybridized carbons (Fsp3) is 0.474. The van der Waals surface area contributed by atoms with Crippen LogP contribution in [0.4, 0.5) is 0 Å². The number of guanidine groups is 1. The van der Waals surface area contributed by atoms with Gasteiger partial charge in [0.25, 0.3) is 0 Å². The van der Waals surface area contributed by atoms with Gasteiger partial charge in [0.1, 0.15) is 23.1 Å². The van der Waals surface area contributed by atoms with Crippen molar-refractivity contribution in [3.8, 4) is 11.5 Å². The molecule has 0 spiro atoms. The molecular formula is C19H28N4O2S. The van der Waals surface area contributed by atoms with Crippen LogP contribution in [0.3, 0.4) is 0 Å². The van der Waals surface area contributed by atoms with E-state index < -0.39 is 0 Å². The van der Waals surface area contributed by atoms with Gasteiger partial charge < -0.3 is 19.7 Å². The second-order valence-electron chi connectivity index (χ2n) is 5.69. The molecule has 0 radical (unpaired) electrons. The van der Waals surface area contributed by atoms with E-state index in [1.54, 1.807) is 18.4 Å². The Hall–Kier alpha value is -2.28. The molecule has 7 heteroatoms. The van der Waals surface area contributed by atoms with Crippen molar-refractivity contribution in [1.29, 1.82) is 0 Å². The molecule has 0 saturated heterocycles. The lowest BCUT2D eigenvalue weighted by atomic mass is 10.3. The average molecular weight is 377 g/mol. The van der Waals surface area contributed by atoms with Crippen molar-refractivity contribution in [1.82, 2.24) is 15.2 Å². The number of likely N-dealkylation sites (N-methyl/N-ethyl adjacent to an activating group) is 1. The molecule has 2 aromatic rings. The van der Waals surface area contributed by atoms with Crippen LogP contribution in [0.5, 0.6) is 11.5 Å².